The van der Waals surface area contributed by atoms with Crippen LogP contribution in [0.1, 0.15) is 23.3 Å². The fourth-order valence-corrected chi connectivity index (χ4v) is 2.38. The highest BCUT2D eigenvalue weighted by atomic mass is 16.7. The minimum Gasteiger partial charge on any atom is -0.504 e. The molecule has 0 fully saturated rings. The molecule has 0 saturated carbocycles. The second-order valence-corrected chi connectivity index (χ2v) is 3.82. The van der Waals surface area contributed by atoms with E-state index in [0.717, 1.165) is 11.1 Å². The molecule has 0 spiro atoms. The topological polar surface area (TPSA) is 47.9 Å². The summed E-state index contributed by atoms with van der Waals surface area (Å²) in [6.45, 7) is 0.176. The Hall–Kier alpha value is -1.68. The lowest BCUT2D eigenvalue weighted by Gasteiger charge is -2.10. The van der Waals surface area contributed by atoms with Crippen LogP contribution in [0.15, 0.2) is 18.2 Å². The van der Waals surface area contributed by atoms with Crippen molar-refractivity contribution in [3.63, 3.8) is 0 Å². The van der Waals surface area contributed by atoms with E-state index in [4.69, 9.17) is 14.2 Å². The summed E-state index contributed by atoms with van der Waals surface area (Å²) >= 11 is 0. The van der Waals surface area contributed by atoms with E-state index in [-0.39, 0.29) is 24.8 Å². The van der Waals surface area contributed by atoms with Crippen molar-refractivity contribution in [1.82, 2.24) is 0 Å². The lowest BCUT2D eigenvalue weighted by Crippen LogP contribution is -1.94. The fourth-order valence-electron chi connectivity index (χ4n) is 2.38. The molecular weight excluding hydrogens is 196 g/mol. The molecule has 0 aliphatic carbocycles. The first-order valence-electron chi connectivity index (χ1n) is 4.84. The van der Waals surface area contributed by atoms with Crippen molar-refractivity contribution in [3.05, 3.63) is 29.3 Å². The highest BCUT2D eigenvalue weighted by Gasteiger charge is 2.39. The van der Waals surface area contributed by atoms with E-state index >= 15 is 0 Å². The van der Waals surface area contributed by atoms with Gasteiger partial charge >= 0.3 is 0 Å². The molecule has 76 valence electrons. The zero-order chi connectivity index (χ0) is 9.99. The first-order chi connectivity index (χ1) is 7.34. The number of benzene rings is 1. The van der Waals surface area contributed by atoms with Crippen LogP contribution in [0.25, 0.3) is 0 Å². The SMILES string of the molecule is Oc1c2c(cc3c1C1C=CC3O1)OCO2. The molecule has 1 aromatic carbocycles. The third-order valence-electron chi connectivity index (χ3n) is 3.05. The number of ether oxygens (including phenoxy) is 3. The maximum Gasteiger partial charge on any atom is 0.231 e. The number of hydrogen-bond acceptors (Lipinski definition) is 4. The number of hydrogen-bond donors (Lipinski definition) is 1. The number of fused-ring (bicyclic) bond motifs is 6. The molecule has 0 amide bonds. The zero-order valence-electron chi connectivity index (χ0n) is 7.77. The second-order valence-electron chi connectivity index (χ2n) is 3.82. The van der Waals surface area contributed by atoms with Crippen LogP contribution >= 0.6 is 0 Å². The van der Waals surface area contributed by atoms with Gasteiger partial charge in [-0.3, -0.25) is 0 Å². The largest absolute Gasteiger partial charge is 0.504 e. The van der Waals surface area contributed by atoms with Crippen molar-refractivity contribution >= 4 is 0 Å². The maximum absolute atomic E-state index is 10.0. The van der Waals surface area contributed by atoms with Crippen LogP contribution in [-0.4, -0.2) is 11.9 Å². The first kappa shape index (κ1) is 7.59. The minimum atomic E-state index is -0.125. The van der Waals surface area contributed by atoms with Gasteiger partial charge in [0.25, 0.3) is 0 Å². The van der Waals surface area contributed by atoms with E-state index < -0.39 is 0 Å². The lowest BCUT2D eigenvalue weighted by atomic mass is 9.95. The van der Waals surface area contributed by atoms with Crippen LogP contribution in [0.3, 0.4) is 0 Å². The summed E-state index contributed by atoms with van der Waals surface area (Å²) in [5, 5.41) is 10.0. The van der Waals surface area contributed by atoms with Gasteiger partial charge in [-0.25, -0.2) is 0 Å². The third kappa shape index (κ3) is 0.769. The van der Waals surface area contributed by atoms with Crippen LogP contribution in [0, 0.1) is 0 Å². The third-order valence-corrected chi connectivity index (χ3v) is 3.05. The summed E-state index contributed by atoms with van der Waals surface area (Å²) in [4.78, 5) is 0. The first-order valence-corrected chi connectivity index (χ1v) is 4.84. The summed E-state index contributed by atoms with van der Waals surface area (Å²) in [7, 11) is 0. The van der Waals surface area contributed by atoms with E-state index in [9.17, 15) is 5.11 Å². The molecule has 0 saturated heterocycles. The molecule has 4 heteroatoms. The van der Waals surface area contributed by atoms with Crippen LogP contribution in [-0.2, 0) is 4.74 Å². The molecule has 3 aliphatic rings. The van der Waals surface area contributed by atoms with Crippen molar-refractivity contribution in [2.24, 2.45) is 0 Å². The van der Waals surface area contributed by atoms with Gasteiger partial charge in [-0.2, -0.15) is 0 Å². The van der Waals surface area contributed by atoms with Gasteiger partial charge in [-0.1, -0.05) is 12.2 Å². The maximum atomic E-state index is 10.0. The van der Waals surface area contributed by atoms with Gasteiger partial charge in [-0.05, 0) is 11.6 Å². The molecule has 4 rings (SSSR count). The Bertz CT molecular complexity index is 492. The molecule has 2 unspecified atom stereocenters. The zero-order valence-corrected chi connectivity index (χ0v) is 7.77. The van der Waals surface area contributed by atoms with Gasteiger partial charge < -0.3 is 19.3 Å². The van der Waals surface area contributed by atoms with Gasteiger partial charge in [0.05, 0.1) is 0 Å². The average Bonchev–Trinajstić information content (AvgIpc) is 2.90. The normalized spacial score (nSPS) is 28.5. The van der Waals surface area contributed by atoms with E-state index in [1.807, 2.05) is 18.2 Å². The van der Waals surface area contributed by atoms with Gasteiger partial charge in [0.15, 0.2) is 11.5 Å². The van der Waals surface area contributed by atoms with Crippen molar-refractivity contribution in [3.8, 4) is 17.2 Å². The van der Waals surface area contributed by atoms with Gasteiger partial charge in [0.1, 0.15) is 12.2 Å². The van der Waals surface area contributed by atoms with Crippen molar-refractivity contribution < 1.29 is 19.3 Å². The summed E-state index contributed by atoms with van der Waals surface area (Å²) in [6, 6.07) is 1.89. The Kier molecular flexibility index (Phi) is 1.15. The van der Waals surface area contributed by atoms with E-state index in [2.05, 4.69) is 0 Å². The molecule has 2 atom stereocenters. The van der Waals surface area contributed by atoms with Crippen LogP contribution in [0.5, 0.6) is 17.2 Å². The number of phenols is 1. The molecular formula is C11H8O4. The summed E-state index contributed by atoms with van der Waals surface area (Å²) in [6.07, 6.45) is 3.79. The second kappa shape index (κ2) is 2.28. The monoisotopic (exact) mass is 204 g/mol. The van der Waals surface area contributed by atoms with Crippen LogP contribution in [0.4, 0.5) is 0 Å². The predicted molar refractivity (Wildman–Crippen MR) is 49.9 cm³/mol. The Morgan fingerprint density at radius 2 is 2.07 bits per heavy atom. The Labute approximate surface area is 85.7 Å². The Morgan fingerprint density at radius 3 is 3.00 bits per heavy atom. The summed E-state index contributed by atoms with van der Waals surface area (Å²) in [5.74, 6) is 1.21. The van der Waals surface area contributed by atoms with Crippen molar-refractivity contribution in [2.75, 3.05) is 6.79 Å². The molecule has 0 radical (unpaired) electrons. The Morgan fingerprint density at radius 1 is 1.20 bits per heavy atom. The van der Waals surface area contributed by atoms with E-state index in [1.54, 1.807) is 0 Å². The van der Waals surface area contributed by atoms with Crippen LogP contribution < -0.4 is 9.47 Å². The fraction of sp³-hybridized carbons (Fsp3) is 0.273. The Balaban J connectivity index is 2.03. The van der Waals surface area contributed by atoms with Crippen LogP contribution in [0.2, 0.25) is 0 Å². The molecule has 1 N–H and O–H groups in total. The van der Waals surface area contributed by atoms with Gasteiger partial charge in [0.2, 0.25) is 12.5 Å². The molecule has 0 aromatic heterocycles. The molecule has 3 aliphatic heterocycles. The molecule has 1 aromatic rings. The average molecular weight is 204 g/mol. The standard InChI is InChI=1S/C11H8O4/c12-10-9-5(6-1-2-7(9)15-6)3-8-11(10)14-4-13-8/h1-3,6-7,12H,4H2. The minimum absolute atomic E-state index is 0.0367. The number of phenolic OH excluding ortho intramolecular Hbond substituents is 1. The molecule has 4 nitrogen and oxygen atoms in total. The highest BCUT2D eigenvalue weighted by Crippen LogP contribution is 2.55. The highest BCUT2D eigenvalue weighted by molar-refractivity contribution is 5.63. The summed E-state index contributed by atoms with van der Waals surface area (Å²) in [5.41, 5.74) is 1.82. The van der Waals surface area contributed by atoms with Crippen molar-refractivity contribution in [1.29, 1.82) is 0 Å². The number of aromatic hydroxyl groups is 1. The molecule has 2 bridgehead atoms. The number of rotatable bonds is 0. The van der Waals surface area contributed by atoms with E-state index in [1.165, 1.54) is 0 Å². The quantitative estimate of drug-likeness (QED) is 0.654. The lowest BCUT2D eigenvalue weighted by molar-refractivity contribution is 0.0865. The summed E-state index contributed by atoms with van der Waals surface area (Å²) < 4.78 is 16.1. The molecule has 3 heterocycles. The predicted octanol–water partition coefficient (Wildman–Crippen LogP) is 1.80. The van der Waals surface area contributed by atoms with E-state index in [0.29, 0.717) is 11.5 Å². The van der Waals surface area contributed by atoms with Gasteiger partial charge in [0, 0.05) is 5.56 Å². The van der Waals surface area contributed by atoms with Gasteiger partial charge in [-0.15, -0.1) is 0 Å². The smallest absolute Gasteiger partial charge is 0.231 e. The van der Waals surface area contributed by atoms with Crippen molar-refractivity contribution in [2.45, 2.75) is 12.2 Å². The molecule has 15 heavy (non-hydrogen) atoms.